The monoisotopic (exact) mass is 334 g/mol. The van der Waals surface area contributed by atoms with Crippen LogP contribution in [0.5, 0.6) is 0 Å². The molecule has 1 amide bonds. The van der Waals surface area contributed by atoms with E-state index in [-0.39, 0.29) is 11.3 Å². The maximum atomic E-state index is 12.3. The zero-order valence-corrected chi connectivity index (χ0v) is 14.6. The van der Waals surface area contributed by atoms with Crippen molar-refractivity contribution < 1.29 is 9.21 Å². The number of piperazine rings is 1. The van der Waals surface area contributed by atoms with E-state index in [1.54, 1.807) is 0 Å². The van der Waals surface area contributed by atoms with Crippen LogP contribution in [0, 0.1) is 0 Å². The third-order valence-electron chi connectivity index (χ3n) is 3.86. The Balaban J connectivity index is 1.53. The van der Waals surface area contributed by atoms with Crippen LogP contribution < -0.4 is 0 Å². The van der Waals surface area contributed by atoms with Gasteiger partial charge in [0.05, 0.1) is 11.4 Å². The number of thiophene rings is 1. The predicted molar refractivity (Wildman–Crippen MR) is 88.5 cm³/mol. The van der Waals surface area contributed by atoms with Gasteiger partial charge in [-0.25, -0.2) is 0 Å². The molecule has 1 aliphatic heterocycles. The number of hydrogen-bond acceptors (Lipinski definition) is 6. The lowest BCUT2D eigenvalue weighted by molar-refractivity contribution is 0.0621. The highest BCUT2D eigenvalue weighted by Gasteiger charge is 2.25. The van der Waals surface area contributed by atoms with Gasteiger partial charge in [0.25, 0.3) is 5.91 Å². The molecule has 0 aromatic carbocycles. The summed E-state index contributed by atoms with van der Waals surface area (Å²) >= 11 is 1.50. The van der Waals surface area contributed by atoms with Crippen molar-refractivity contribution in [3.05, 3.63) is 34.2 Å². The summed E-state index contributed by atoms with van der Waals surface area (Å²) in [4.78, 5) is 17.3. The molecule has 2 aromatic heterocycles. The highest BCUT2D eigenvalue weighted by Crippen LogP contribution is 2.21. The first-order valence-electron chi connectivity index (χ1n) is 7.81. The second-order valence-electron chi connectivity index (χ2n) is 6.80. The first-order valence-corrected chi connectivity index (χ1v) is 8.69. The average molecular weight is 334 g/mol. The van der Waals surface area contributed by atoms with E-state index in [1.165, 1.54) is 11.3 Å². The lowest BCUT2D eigenvalue weighted by Crippen LogP contribution is -2.48. The molecule has 0 N–H and O–H groups in total. The maximum absolute atomic E-state index is 12.3. The summed E-state index contributed by atoms with van der Waals surface area (Å²) < 4.78 is 5.74. The van der Waals surface area contributed by atoms with Gasteiger partial charge < -0.3 is 9.32 Å². The molecule has 23 heavy (non-hydrogen) atoms. The van der Waals surface area contributed by atoms with Gasteiger partial charge in [-0.2, -0.15) is 0 Å². The van der Waals surface area contributed by atoms with Gasteiger partial charge >= 0.3 is 0 Å². The van der Waals surface area contributed by atoms with E-state index in [0.29, 0.717) is 18.3 Å². The van der Waals surface area contributed by atoms with Crippen molar-refractivity contribution in [2.45, 2.75) is 32.7 Å². The first-order chi connectivity index (χ1) is 10.9. The largest absolute Gasteiger partial charge is 0.423 e. The predicted octanol–water partition coefficient (Wildman–Crippen LogP) is 2.39. The Morgan fingerprint density at radius 3 is 2.57 bits per heavy atom. The van der Waals surface area contributed by atoms with Crippen molar-refractivity contribution in [3.8, 4) is 0 Å². The van der Waals surface area contributed by atoms with E-state index in [0.717, 1.165) is 31.1 Å². The molecule has 3 heterocycles. The Hall–Kier alpha value is -1.73. The smallest absolute Gasteiger partial charge is 0.264 e. The van der Waals surface area contributed by atoms with Gasteiger partial charge in [-0.05, 0) is 11.4 Å². The summed E-state index contributed by atoms with van der Waals surface area (Å²) in [5.74, 6) is 1.44. The quantitative estimate of drug-likeness (QED) is 0.862. The average Bonchev–Trinajstić information content (AvgIpc) is 3.18. The van der Waals surface area contributed by atoms with Gasteiger partial charge in [0.2, 0.25) is 11.8 Å². The van der Waals surface area contributed by atoms with E-state index < -0.39 is 0 Å². The van der Waals surface area contributed by atoms with E-state index in [9.17, 15) is 4.79 Å². The van der Waals surface area contributed by atoms with Gasteiger partial charge in [-0.3, -0.25) is 9.69 Å². The normalized spacial score (nSPS) is 16.7. The van der Waals surface area contributed by atoms with Crippen molar-refractivity contribution in [3.63, 3.8) is 0 Å². The van der Waals surface area contributed by atoms with Crippen molar-refractivity contribution in [2.75, 3.05) is 26.2 Å². The molecule has 3 rings (SSSR count). The SMILES string of the molecule is CC(C)(C)c1nnc(CN2CCN(C(=O)c3cccs3)CC2)o1. The summed E-state index contributed by atoms with van der Waals surface area (Å²) in [6, 6.07) is 3.79. The van der Waals surface area contributed by atoms with Crippen molar-refractivity contribution in [1.82, 2.24) is 20.0 Å². The second kappa shape index (κ2) is 6.41. The van der Waals surface area contributed by atoms with Gasteiger partial charge in [0.15, 0.2) is 0 Å². The summed E-state index contributed by atoms with van der Waals surface area (Å²) in [5.41, 5.74) is -0.128. The Bertz CT molecular complexity index is 652. The molecule has 0 saturated carbocycles. The molecule has 2 aromatic rings. The number of nitrogens with zero attached hydrogens (tertiary/aromatic N) is 4. The molecule has 124 valence electrons. The van der Waals surface area contributed by atoms with Gasteiger partial charge in [0.1, 0.15) is 0 Å². The van der Waals surface area contributed by atoms with Crippen LogP contribution in [-0.2, 0) is 12.0 Å². The van der Waals surface area contributed by atoms with Gasteiger partial charge in [-0.1, -0.05) is 26.8 Å². The van der Waals surface area contributed by atoms with E-state index in [1.807, 2.05) is 22.4 Å². The van der Waals surface area contributed by atoms with Crippen LogP contribution in [0.4, 0.5) is 0 Å². The van der Waals surface area contributed by atoms with Gasteiger partial charge in [-0.15, -0.1) is 21.5 Å². The fourth-order valence-electron chi connectivity index (χ4n) is 2.48. The summed E-state index contributed by atoms with van der Waals surface area (Å²) in [5, 5.41) is 10.2. The van der Waals surface area contributed by atoms with E-state index in [2.05, 4.69) is 35.9 Å². The van der Waals surface area contributed by atoms with E-state index >= 15 is 0 Å². The van der Waals surface area contributed by atoms with Crippen molar-refractivity contribution in [1.29, 1.82) is 0 Å². The molecular weight excluding hydrogens is 312 g/mol. The highest BCUT2D eigenvalue weighted by atomic mass is 32.1. The molecule has 0 spiro atoms. The van der Waals surface area contributed by atoms with Crippen LogP contribution >= 0.6 is 11.3 Å². The fourth-order valence-corrected chi connectivity index (χ4v) is 3.17. The molecule has 0 aliphatic carbocycles. The number of aromatic nitrogens is 2. The molecule has 6 nitrogen and oxygen atoms in total. The molecule has 0 radical (unpaired) electrons. The third-order valence-corrected chi connectivity index (χ3v) is 4.72. The molecule has 0 unspecified atom stereocenters. The molecule has 1 aliphatic rings. The summed E-state index contributed by atoms with van der Waals surface area (Å²) in [6.45, 7) is 9.92. The highest BCUT2D eigenvalue weighted by molar-refractivity contribution is 7.12. The number of carbonyl (C=O) groups is 1. The maximum Gasteiger partial charge on any atom is 0.264 e. The minimum atomic E-state index is -0.128. The standard InChI is InChI=1S/C16H22N4O2S/c1-16(2,3)15-18-17-13(22-15)11-19-6-8-20(9-7-19)14(21)12-5-4-10-23-12/h4-5,10H,6-9,11H2,1-3H3. The van der Waals surface area contributed by atoms with Crippen LogP contribution in [0.2, 0.25) is 0 Å². The van der Waals surface area contributed by atoms with Gasteiger partial charge in [0, 0.05) is 31.6 Å². The fraction of sp³-hybridized carbons (Fsp3) is 0.562. The number of rotatable bonds is 3. The Kier molecular flexibility index (Phi) is 4.50. The molecule has 7 heteroatoms. The Labute approximate surface area is 140 Å². The first kappa shape index (κ1) is 16.1. The van der Waals surface area contributed by atoms with Crippen LogP contribution in [0.25, 0.3) is 0 Å². The second-order valence-corrected chi connectivity index (χ2v) is 7.74. The van der Waals surface area contributed by atoms with Crippen LogP contribution in [0.3, 0.4) is 0 Å². The number of carbonyl (C=O) groups excluding carboxylic acids is 1. The molecule has 1 fully saturated rings. The Morgan fingerprint density at radius 2 is 2.00 bits per heavy atom. The van der Waals surface area contributed by atoms with Crippen LogP contribution in [0.15, 0.2) is 21.9 Å². The third kappa shape index (κ3) is 3.79. The summed E-state index contributed by atoms with van der Waals surface area (Å²) in [7, 11) is 0. The minimum Gasteiger partial charge on any atom is -0.423 e. The number of hydrogen-bond donors (Lipinski definition) is 0. The summed E-state index contributed by atoms with van der Waals surface area (Å²) in [6.07, 6.45) is 0. The minimum absolute atomic E-state index is 0.128. The Morgan fingerprint density at radius 1 is 1.26 bits per heavy atom. The van der Waals surface area contributed by atoms with E-state index in [4.69, 9.17) is 4.42 Å². The number of amides is 1. The van der Waals surface area contributed by atoms with Crippen LogP contribution in [-0.4, -0.2) is 52.1 Å². The zero-order valence-electron chi connectivity index (χ0n) is 13.8. The topological polar surface area (TPSA) is 62.5 Å². The molecule has 0 atom stereocenters. The molecular formula is C16H22N4O2S. The lowest BCUT2D eigenvalue weighted by atomic mass is 9.97. The molecule has 1 saturated heterocycles. The van der Waals surface area contributed by atoms with Crippen molar-refractivity contribution in [2.24, 2.45) is 0 Å². The molecule has 0 bridgehead atoms. The van der Waals surface area contributed by atoms with Crippen LogP contribution in [0.1, 0.15) is 42.2 Å². The zero-order chi connectivity index (χ0) is 16.4. The van der Waals surface area contributed by atoms with Crippen molar-refractivity contribution >= 4 is 17.2 Å². The lowest BCUT2D eigenvalue weighted by Gasteiger charge is -2.33.